The molecular weight excluding hydrogens is 340 g/mol. The van der Waals surface area contributed by atoms with Gasteiger partial charge in [0.2, 0.25) is 0 Å². The molecular formula is C21H28N4O2. The van der Waals surface area contributed by atoms with Gasteiger partial charge in [0, 0.05) is 30.1 Å². The summed E-state index contributed by atoms with van der Waals surface area (Å²) in [5.74, 6) is -0.319. The average molecular weight is 368 g/mol. The van der Waals surface area contributed by atoms with Gasteiger partial charge in [-0.3, -0.25) is 14.8 Å². The van der Waals surface area contributed by atoms with E-state index in [2.05, 4.69) is 45.6 Å². The molecule has 0 aliphatic carbocycles. The van der Waals surface area contributed by atoms with E-state index >= 15 is 0 Å². The number of nitrogens with one attached hydrogen (secondary N) is 1. The highest BCUT2D eigenvalue weighted by molar-refractivity contribution is 5.84. The monoisotopic (exact) mass is 368 g/mol. The first-order chi connectivity index (χ1) is 13.2. The Kier molecular flexibility index (Phi) is 5.43. The number of rotatable bonds is 5. The summed E-state index contributed by atoms with van der Waals surface area (Å²) in [5.41, 5.74) is 3.40. The molecule has 0 spiro atoms. The third-order valence-electron chi connectivity index (χ3n) is 5.83. The van der Waals surface area contributed by atoms with Crippen molar-refractivity contribution in [1.82, 2.24) is 20.0 Å². The maximum absolute atomic E-state index is 10.9. The van der Waals surface area contributed by atoms with Gasteiger partial charge in [-0.15, -0.1) is 0 Å². The van der Waals surface area contributed by atoms with Crippen LogP contribution in [-0.4, -0.2) is 63.8 Å². The van der Waals surface area contributed by atoms with Crippen molar-refractivity contribution in [3.8, 4) is 0 Å². The molecule has 3 heterocycles. The first-order valence-corrected chi connectivity index (χ1v) is 10.0. The Balaban J connectivity index is 1.43. The van der Waals surface area contributed by atoms with E-state index in [1.807, 2.05) is 4.90 Å². The van der Waals surface area contributed by atoms with E-state index in [0.717, 1.165) is 44.5 Å². The zero-order valence-electron chi connectivity index (χ0n) is 15.7. The molecule has 0 amide bonds. The molecule has 0 saturated carbocycles. The van der Waals surface area contributed by atoms with Gasteiger partial charge in [0.05, 0.1) is 12.1 Å². The number of fused-ring (bicyclic) bond motifs is 1. The number of likely N-dealkylation sites (tertiary alicyclic amines) is 2. The van der Waals surface area contributed by atoms with Gasteiger partial charge in [-0.25, -0.2) is 0 Å². The minimum atomic E-state index is -0.745. The van der Waals surface area contributed by atoms with Crippen LogP contribution in [-0.2, 0) is 4.79 Å². The molecule has 4 rings (SSSR count). The molecule has 2 aromatic rings. The largest absolute Gasteiger partial charge is 0.480 e. The number of hydrogen-bond donors (Lipinski definition) is 2. The van der Waals surface area contributed by atoms with Crippen molar-refractivity contribution in [2.75, 3.05) is 32.7 Å². The predicted molar refractivity (Wildman–Crippen MR) is 107 cm³/mol. The molecule has 2 saturated heterocycles. The Morgan fingerprint density at radius 3 is 2.70 bits per heavy atom. The van der Waals surface area contributed by atoms with Gasteiger partial charge in [0.1, 0.15) is 0 Å². The number of aliphatic carboxylic acids is 1. The summed E-state index contributed by atoms with van der Waals surface area (Å²) in [7, 11) is 0. The number of carbonyl (C=O) groups is 1. The van der Waals surface area contributed by atoms with Crippen molar-refractivity contribution in [3.63, 3.8) is 0 Å². The number of carboxylic acid groups (broad SMARTS) is 1. The van der Waals surface area contributed by atoms with Crippen molar-refractivity contribution in [2.24, 2.45) is 0 Å². The maximum Gasteiger partial charge on any atom is 0.317 e. The van der Waals surface area contributed by atoms with Gasteiger partial charge >= 0.3 is 5.97 Å². The molecule has 27 heavy (non-hydrogen) atoms. The van der Waals surface area contributed by atoms with Gasteiger partial charge in [0.15, 0.2) is 0 Å². The summed E-state index contributed by atoms with van der Waals surface area (Å²) in [6.45, 7) is 4.11. The van der Waals surface area contributed by atoms with E-state index in [1.54, 1.807) is 0 Å². The summed E-state index contributed by atoms with van der Waals surface area (Å²) >= 11 is 0. The van der Waals surface area contributed by atoms with Crippen LogP contribution in [0.1, 0.15) is 49.3 Å². The fourth-order valence-corrected chi connectivity index (χ4v) is 4.29. The molecule has 2 fully saturated rings. The zero-order valence-corrected chi connectivity index (χ0v) is 15.7. The summed E-state index contributed by atoms with van der Waals surface area (Å²) in [4.78, 5) is 15.3. The molecule has 2 N–H and O–H groups in total. The first kappa shape index (κ1) is 18.0. The van der Waals surface area contributed by atoms with Crippen LogP contribution in [0.5, 0.6) is 0 Å². The second-order valence-electron chi connectivity index (χ2n) is 7.77. The molecule has 2 aliphatic rings. The highest BCUT2D eigenvalue weighted by Gasteiger charge is 2.24. The lowest BCUT2D eigenvalue weighted by molar-refractivity contribution is -0.138. The summed E-state index contributed by atoms with van der Waals surface area (Å²) in [5, 5.41) is 17.9. The van der Waals surface area contributed by atoms with Crippen molar-refractivity contribution in [2.45, 2.75) is 38.0 Å². The highest BCUT2D eigenvalue weighted by Crippen LogP contribution is 2.32. The molecule has 1 aromatic carbocycles. The molecule has 0 atom stereocenters. The van der Waals surface area contributed by atoms with E-state index < -0.39 is 5.97 Å². The van der Waals surface area contributed by atoms with Crippen molar-refractivity contribution >= 4 is 22.9 Å². The number of benzene rings is 1. The number of nitrogens with zero attached hydrogens (tertiary/aromatic N) is 3. The minimum absolute atomic E-state index is 0.142. The second kappa shape index (κ2) is 8.13. The zero-order chi connectivity index (χ0) is 18.6. The summed E-state index contributed by atoms with van der Waals surface area (Å²) in [6, 6.07) is 6.49. The van der Waals surface area contributed by atoms with E-state index in [-0.39, 0.29) is 6.54 Å². The number of aromatic nitrogens is 2. The smallest absolute Gasteiger partial charge is 0.317 e. The molecule has 1 aromatic heterocycles. The van der Waals surface area contributed by atoms with Crippen LogP contribution in [0, 0.1) is 0 Å². The molecule has 144 valence electrons. The Labute approximate surface area is 159 Å². The Hall–Kier alpha value is -2.34. The topological polar surface area (TPSA) is 72.5 Å². The average Bonchev–Trinajstić information content (AvgIpc) is 3.10. The van der Waals surface area contributed by atoms with Crippen LogP contribution in [0.15, 0.2) is 24.4 Å². The van der Waals surface area contributed by atoms with Crippen LogP contribution in [0.2, 0.25) is 0 Å². The lowest BCUT2D eigenvalue weighted by atomic mass is 9.91. The maximum atomic E-state index is 10.9. The quantitative estimate of drug-likeness (QED) is 0.847. The second-order valence-corrected chi connectivity index (χ2v) is 7.77. The first-order valence-electron chi connectivity index (χ1n) is 10.0. The lowest BCUT2D eigenvalue weighted by Crippen LogP contribution is -2.36. The van der Waals surface area contributed by atoms with Gasteiger partial charge in [-0.05, 0) is 69.1 Å². The lowest BCUT2D eigenvalue weighted by Gasteiger charge is -2.30. The van der Waals surface area contributed by atoms with Crippen molar-refractivity contribution < 1.29 is 9.90 Å². The van der Waals surface area contributed by atoms with Crippen LogP contribution in [0.25, 0.3) is 17.0 Å². The normalized spacial score (nSPS) is 19.9. The van der Waals surface area contributed by atoms with Gasteiger partial charge < -0.3 is 10.0 Å². The third-order valence-corrected chi connectivity index (χ3v) is 5.83. The highest BCUT2D eigenvalue weighted by atomic mass is 16.4. The Morgan fingerprint density at radius 1 is 1.19 bits per heavy atom. The van der Waals surface area contributed by atoms with Gasteiger partial charge in [-0.2, -0.15) is 5.10 Å². The number of aromatic amines is 1. The van der Waals surface area contributed by atoms with Crippen LogP contribution in [0.4, 0.5) is 0 Å². The van der Waals surface area contributed by atoms with Crippen LogP contribution in [0.3, 0.4) is 0 Å². The Morgan fingerprint density at radius 2 is 1.96 bits per heavy atom. The molecule has 0 bridgehead atoms. The molecule has 2 aliphatic heterocycles. The van der Waals surface area contributed by atoms with E-state index in [0.29, 0.717) is 5.92 Å². The predicted octanol–water partition coefficient (Wildman–Crippen LogP) is 3.28. The number of H-pyrrole nitrogens is 1. The standard InChI is InChI=1S/C21H28N4O2/c26-20(27)15-25-12-7-17(8-13-25)21-18-5-4-16(14-19(18)22-23-21)6-11-24-9-2-1-3-10-24/h4-6,11,14,17H,1-3,7-10,12-13,15H2,(H,22,23)(H,26,27)/b11-6+. The molecule has 6 heteroatoms. The van der Waals surface area contributed by atoms with Gasteiger partial charge in [-0.1, -0.05) is 12.1 Å². The Bertz CT molecular complexity index is 815. The van der Waals surface area contributed by atoms with E-state index in [4.69, 9.17) is 5.11 Å². The third kappa shape index (κ3) is 4.33. The van der Waals surface area contributed by atoms with Crippen molar-refractivity contribution in [3.05, 3.63) is 35.7 Å². The summed E-state index contributed by atoms with van der Waals surface area (Å²) < 4.78 is 0. The SMILES string of the molecule is O=C(O)CN1CCC(c2[nH]nc3cc(/C=C/N4CCCCC4)ccc23)CC1. The molecule has 0 unspecified atom stereocenters. The number of piperidine rings is 2. The molecule has 0 radical (unpaired) electrons. The fourth-order valence-electron chi connectivity index (χ4n) is 4.29. The minimum Gasteiger partial charge on any atom is -0.480 e. The van der Waals surface area contributed by atoms with Crippen LogP contribution < -0.4 is 0 Å². The number of hydrogen-bond acceptors (Lipinski definition) is 4. The van der Waals surface area contributed by atoms with E-state index in [9.17, 15) is 4.79 Å². The molecule has 6 nitrogen and oxygen atoms in total. The summed E-state index contributed by atoms with van der Waals surface area (Å²) in [6.07, 6.45) is 10.3. The number of carboxylic acids is 1. The fraction of sp³-hybridized carbons (Fsp3) is 0.524. The van der Waals surface area contributed by atoms with E-state index in [1.165, 1.54) is 35.9 Å². The van der Waals surface area contributed by atoms with Crippen molar-refractivity contribution in [1.29, 1.82) is 0 Å². The van der Waals surface area contributed by atoms with Gasteiger partial charge in [0.25, 0.3) is 0 Å². The van der Waals surface area contributed by atoms with Crippen LogP contribution >= 0.6 is 0 Å².